The summed E-state index contributed by atoms with van der Waals surface area (Å²) in [7, 11) is 1.79. The number of aromatic carboxylic acids is 1. The standard InChI is InChI=1S/C14H15FN2O3/c1-8-13(9(2)17(3)16-8)20-7-10-6-11(15)4-5-12(10)14(18)19/h4-6H,7H2,1-3H3,(H,18,19). The molecule has 0 aliphatic rings. The monoisotopic (exact) mass is 278 g/mol. The molecule has 0 saturated heterocycles. The first-order valence-corrected chi connectivity index (χ1v) is 6.05. The molecule has 6 heteroatoms. The minimum absolute atomic E-state index is 0.0211. The Morgan fingerprint density at radius 2 is 2.15 bits per heavy atom. The molecule has 0 unspecified atom stereocenters. The zero-order chi connectivity index (χ0) is 14.9. The van der Waals surface area contributed by atoms with Gasteiger partial charge in [-0.1, -0.05) is 0 Å². The summed E-state index contributed by atoms with van der Waals surface area (Å²) in [6.45, 7) is 3.62. The molecule has 0 bridgehead atoms. The molecule has 0 radical (unpaired) electrons. The van der Waals surface area contributed by atoms with Crippen molar-refractivity contribution in [2.24, 2.45) is 7.05 Å². The summed E-state index contributed by atoms with van der Waals surface area (Å²) in [6, 6.07) is 3.53. The number of hydrogen-bond acceptors (Lipinski definition) is 3. The van der Waals surface area contributed by atoms with Gasteiger partial charge in [-0.15, -0.1) is 0 Å². The fourth-order valence-corrected chi connectivity index (χ4v) is 2.00. The molecule has 0 fully saturated rings. The van der Waals surface area contributed by atoms with Gasteiger partial charge in [-0.3, -0.25) is 4.68 Å². The Morgan fingerprint density at radius 1 is 1.45 bits per heavy atom. The second-order valence-electron chi connectivity index (χ2n) is 4.52. The van der Waals surface area contributed by atoms with Gasteiger partial charge in [-0.25, -0.2) is 9.18 Å². The lowest BCUT2D eigenvalue weighted by atomic mass is 10.1. The number of halogens is 1. The number of benzene rings is 1. The minimum atomic E-state index is -1.11. The third kappa shape index (κ3) is 2.64. The Labute approximate surface area is 115 Å². The Kier molecular flexibility index (Phi) is 3.74. The molecular formula is C14H15FN2O3. The van der Waals surface area contributed by atoms with Crippen molar-refractivity contribution in [3.63, 3.8) is 0 Å². The third-order valence-corrected chi connectivity index (χ3v) is 3.11. The first-order valence-electron chi connectivity index (χ1n) is 6.05. The van der Waals surface area contributed by atoms with Crippen molar-refractivity contribution < 1.29 is 19.0 Å². The van der Waals surface area contributed by atoms with E-state index in [1.165, 1.54) is 12.1 Å². The van der Waals surface area contributed by atoms with Crippen molar-refractivity contribution in [2.45, 2.75) is 20.5 Å². The van der Waals surface area contributed by atoms with Crippen molar-refractivity contribution in [3.8, 4) is 5.75 Å². The predicted octanol–water partition coefficient (Wildman–Crippen LogP) is 2.45. The Bertz CT molecular complexity index is 665. The van der Waals surface area contributed by atoms with E-state index < -0.39 is 11.8 Å². The molecule has 5 nitrogen and oxygen atoms in total. The van der Waals surface area contributed by atoms with Crippen LogP contribution in [0.5, 0.6) is 5.75 Å². The van der Waals surface area contributed by atoms with Crippen LogP contribution in [0, 0.1) is 19.7 Å². The fourth-order valence-electron chi connectivity index (χ4n) is 2.00. The van der Waals surface area contributed by atoms with E-state index in [0.717, 1.165) is 11.8 Å². The van der Waals surface area contributed by atoms with Gasteiger partial charge in [0.05, 0.1) is 11.3 Å². The number of carboxylic acid groups (broad SMARTS) is 1. The summed E-state index contributed by atoms with van der Waals surface area (Å²) < 4.78 is 20.5. The van der Waals surface area contributed by atoms with E-state index in [9.17, 15) is 9.18 Å². The van der Waals surface area contributed by atoms with Gasteiger partial charge in [-0.05, 0) is 32.0 Å². The molecule has 0 saturated carbocycles. The van der Waals surface area contributed by atoms with Crippen LogP contribution in [-0.2, 0) is 13.7 Å². The summed E-state index contributed by atoms with van der Waals surface area (Å²) >= 11 is 0. The number of rotatable bonds is 4. The molecule has 0 amide bonds. The number of nitrogens with zero attached hydrogens (tertiary/aromatic N) is 2. The summed E-state index contributed by atoms with van der Waals surface area (Å²) in [5.74, 6) is -1.01. The SMILES string of the molecule is Cc1nn(C)c(C)c1OCc1cc(F)ccc1C(=O)O. The van der Waals surface area contributed by atoms with Crippen LogP contribution in [0.4, 0.5) is 4.39 Å². The van der Waals surface area contributed by atoms with Gasteiger partial charge in [-0.2, -0.15) is 5.10 Å². The molecule has 2 aromatic rings. The Balaban J connectivity index is 2.27. The summed E-state index contributed by atoms with van der Waals surface area (Å²) in [6.07, 6.45) is 0. The zero-order valence-corrected chi connectivity index (χ0v) is 11.5. The average Bonchev–Trinajstić information content (AvgIpc) is 2.61. The molecular weight excluding hydrogens is 263 g/mol. The fraction of sp³-hybridized carbons (Fsp3) is 0.286. The highest BCUT2D eigenvalue weighted by atomic mass is 19.1. The molecule has 0 atom stereocenters. The molecule has 1 aromatic heterocycles. The van der Waals surface area contributed by atoms with Gasteiger partial charge >= 0.3 is 5.97 Å². The molecule has 2 rings (SSSR count). The number of aromatic nitrogens is 2. The summed E-state index contributed by atoms with van der Waals surface area (Å²) in [4.78, 5) is 11.1. The van der Waals surface area contributed by atoms with Crippen LogP contribution in [-0.4, -0.2) is 20.9 Å². The van der Waals surface area contributed by atoms with Crippen LogP contribution in [0.3, 0.4) is 0 Å². The summed E-state index contributed by atoms with van der Waals surface area (Å²) in [5, 5.41) is 13.3. The first kappa shape index (κ1) is 14.0. The van der Waals surface area contributed by atoms with Crippen LogP contribution in [0.15, 0.2) is 18.2 Å². The molecule has 0 aliphatic carbocycles. The lowest BCUT2D eigenvalue weighted by molar-refractivity contribution is 0.0694. The van der Waals surface area contributed by atoms with Crippen molar-refractivity contribution in [1.29, 1.82) is 0 Å². The highest BCUT2D eigenvalue weighted by Gasteiger charge is 2.15. The van der Waals surface area contributed by atoms with E-state index in [1.807, 2.05) is 6.92 Å². The molecule has 1 N–H and O–H groups in total. The maximum atomic E-state index is 13.2. The quantitative estimate of drug-likeness (QED) is 0.933. The second kappa shape index (κ2) is 5.32. The van der Waals surface area contributed by atoms with Crippen LogP contribution in [0.1, 0.15) is 27.3 Å². The lowest BCUT2D eigenvalue weighted by Crippen LogP contribution is -2.07. The largest absolute Gasteiger partial charge is 0.485 e. The highest BCUT2D eigenvalue weighted by Crippen LogP contribution is 2.23. The van der Waals surface area contributed by atoms with Crippen LogP contribution in [0.25, 0.3) is 0 Å². The predicted molar refractivity (Wildman–Crippen MR) is 70.4 cm³/mol. The van der Waals surface area contributed by atoms with E-state index in [4.69, 9.17) is 9.84 Å². The number of carbonyl (C=O) groups is 1. The Morgan fingerprint density at radius 3 is 2.70 bits per heavy atom. The Hall–Kier alpha value is -2.37. The molecule has 20 heavy (non-hydrogen) atoms. The number of carboxylic acids is 1. The van der Waals surface area contributed by atoms with Crippen molar-refractivity contribution in [3.05, 3.63) is 46.5 Å². The minimum Gasteiger partial charge on any atom is -0.485 e. The van der Waals surface area contributed by atoms with E-state index in [2.05, 4.69) is 5.10 Å². The lowest BCUT2D eigenvalue weighted by Gasteiger charge is -2.09. The second-order valence-corrected chi connectivity index (χ2v) is 4.52. The van der Waals surface area contributed by atoms with Crippen LogP contribution < -0.4 is 4.74 Å². The van der Waals surface area contributed by atoms with E-state index in [0.29, 0.717) is 17.0 Å². The third-order valence-electron chi connectivity index (χ3n) is 3.11. The van der Waals surface area contributed by atoms with Gasteiger partial charge in [0.25, 0.3) is 0 Å². The van der Waals surface area contributed by atoms with Crippen molar-refractivity contribution in [2.75, 3.05) is 0 Å². The molecule has 1 aromatic carbocycles. The molecule has 0 aliphatic heterocycles. The maximum Gasteiger partial charge on any atom is 0.336 e. The van der Waals surface area contributed by atoms with E-state index in [-0.39, 0.29) is 12.2 Å². The van der Waals surface area contributed by atoms with Gasteiger partial charge < -0.3 is 9.84 Å². The summed E-state index contributed by atoms with van der Waals surface area (Å²) in [5.41, 5.74) is 1.86. The number of aryl methyl sites for hydroxylation is 2. The van der Waals surface area contributed by atoms with Crippen LogP contribution in [0.2, 0.25) is 0 Å². The van der Waals surface area contributed by atoms with Gasteiger partial charge in [0.15, 0.2) is 5.75 Å². The van der Waals surface area contributed by atoms with Crippen molar-refractivity contribution >= 4 is 5.97 Å². The normalized spacial score (nSPS) is 10.6. The first-order chi connectivity index (χ1) is 9.40. The van der Waals surface area contributed by atoms with Crippen LogP contribution >= 0.6 is 0 Å². The number of hydrogen-bond donors (Lipinski definition) is 1. The van der Waals surface area contributed by atoms with Gasteiger partial charge in [0.2, 0.25) is 0 Å². The van der Waals surface area contributed by atoms with E-state index in [1.54, 1.807) is 18.7 Å². The maximum absolute atomic E-state index is 13.2. The zero-order valence-electron chi connectivity index (χ0n) is 11.5. The highest BCUT2D eigenvalue weighted by molar-refractivity contribution is 5.89. The smallest absolute Gasteiger partial charge is 0.336 e. The topological polar surface area (TPSA) is 64.4 Å². The molecule has 106 valence electrons. The molecule has 1 heterocycles. The van der Waals surface area contributed by atoms with Crippen molar-refractivity contribution in [1.82, 2.24) is 9.78 Å². The molecule has 0 spiro atoms. The average molecular weight is 278 g/mol. The van der Waals surface area contributed by atoms with Gasteiger partial charge in [0.1, 0.15) is 18.1 Å². The number of ether oxygens (including phenoxy) is 1. The van der Waals surface area contributed by atoms with Gasteiger partial charge in [0, 0.05) is 12.6 Å². The van der Waals surface area contributed by atoms with E-state index >= 15 is 0 Å².